The Morgan fingerprint density at radius 1 is 1.18 bits per heavy atom. The molecule has 1 aromatic carbocycles. The number of halogens is 2. The standard InChI is InChI=1S/C16H18ClIN2O2/c17-13-4-1-11(9-14(13)18)16(22)20-7-5-10(6-8-20)15(21)19-12-2-3-12/h1,4,9-10,12H,2-3,5-8H2,(H,19,21). The Kier molecular flexibility index (Phi) is 4.92. The average Bonchev–Trinajstić information content (AvgIpc) is 3.33. The third-order valence-electron chi connectivity index (χ3n) is 4.24. The van der Waals surface area contributed by atoms with Gasteiger partial charge in [-0.25, -0.2) is 0 Å². The second-order valence-corrected chi connectivity index (χ2v) is 7.55. The highest BCUT2D eigenvalue weighted by Crippen LogP contribution is 2.24. The Bertz CT molecular complexity index is 596. The van der Waals surface area contributed by atoms with Crippen molar-refractivity contribution in [2.45, 2.75) is 31.7 Å². The van der Waals surface area contributed by atoms with Gasteiger partial charge in [0.2, 0.25) is 5.91 Å². The second-order valence-electron chi connectivity index (χ2n) is 5.98. The summed E-state index contributed by atoms with van der Waals surface area (Å²) in [6, 6.07) is 5.74. The van der Waals surface area contributed by atoms with Crippen LogP contribution in [0.2, 0.25) is 5.02 Å². The van der Waals surface area contributed by atoms with Crippen LogP contribution in [0.1, 0.15) is 36.0 Å². The minimum atomic E-state index is 0.0237. The zero-order valence-corrected chi connectivity index (χ0v) is 15.1. The highest BCUT2D eigenvalue weighted by molar-refractivity contribution is 14.1. The fourth-order valence-electron chi connectivity index (χ4n) is 2.70. The van der Waals surface area contributed by atoms with Crippen LogP contribution in [-0.4, -0.2) is 35.8 Å². The summed E-state index contributed by atoms with van der Waals surface area (Å²) in [5, 5.41) is 3.71. The van der Waals surface area contributed by atoms with E-state index in [1.807, 2.05) is 11.0 Å². The van der Waals surface area contributed by atoms with Crippen LogP contribution in [0.15, 0.2) is 18.2 Å². The fraction of sp³-hybridized carbons (Fsp3) is 0.500. The number of carbonyl (C=O) groups excluding carboxylic acids is 2. The number of benzene rings is 1. The van der Waals surface area contributed by atoms with Gasteiger partial charge in [0.05, 0.1) is 5.02 Å². The molecule has 6 heteroatoms. The molecular weight excluding hydrogens is 415 g/mol. The van der Waals surface area contributed by atoms with E-state index < -0.39 is 0 Å². The van der Waals surface area contributed by atoms with E-state index in [1.54, 1.807) is 12.1 Å². The van der Waals surface area contributed by atoms with Crippen molar-refractivity contribution >= 4 is 46.0 Å². The Balaban J connectivity index is 1.56. The van der Waals surface area contributed by atoms with Gasteiger partial charge in [0.25, 0.3) is 5.91 Å². The molecule has 118 valence electrons. The first-order valence-electron chi connectivity index (χ1n) is 7.59. The molecule has 0 radical (unpaired) electrons. The maximum absolute atomic E-state index is 12.5. The Labute approximate surface area is 148 Å². The van der Waals surface area contributed by atoms with E-state index in [-0.39, 0.29) is 17.7 Å². The molecule has 0 aromatic heterocycles. The normalized spacial score (nSPS) is 19.1. The van der Waals surface area contributed by atoms with Crippen molar-refractivity contribution in [3.63, 3.8) is 0 Å². The summed E-state index contributed by atoms with van der Waals surface area (Å²) in [4.78, 5) is 26.4. The summed E-state index contributed by atoms with van der Waals surface area (Å²) < 4.78 is 0.879. The molecule has 3 rings (SSSR count). The highest BCUT2D eigenvalue weighted by atomic mass is 127. The SMILES string of the molecule is O=C(NC1CC1)C1CCN(C(=O)c2ccc(Cl)c(I)c2)CC1. The van der Waals surface area contributed by atoms with Crippen molar-refractivity contribution in [2.24, 2.45) is 5.92 Å². The van der Waals surface area contributed by atoms with Crippen LogP contribution in [0.25, 0.3) is 0 Å². The largest absolute Gasteiger partial charge is 0.353 e. The number of piperidine rings is 1. The lowest BCUT2D eigenvalue weighted by molar-refractivity contribution is -0.126. The van der Waals surface area contributed by atoms with E-state index in [2.05, 4.69) is 27.9 Å². The van der Waals surface area contributed by atoms with Crippen molar-refractivity contribution in [1.82, 2.24) is 10.2 Å². The number of carbonyl (C=O) groups is 2. The molecule has 0 bridgehead atoms. The van der Waals surface area contributed by atoms with Crippen molar-refractivity contribution in [1.29, 1.82) is 0 Å². The van der Waals surface area contributed by atoms with E-state index in [0.29, 0.717) is 29.7 Å². The predicted molar refractivity (Wildman–Crippen MR) is 94.0 cm³/mol. The molecule has 1 aromatic rings. The van der Waals surface area contributed by atoms with Gasteiger partial charge in [-0.05, 0) is 66.5 Å². The first kappa shape index (κ1) is 16.1. The van der Waals surface area contributed by atoms with Gasteiger partial charge < -0.3 is 10.2 Å². The van der Waals surface area contributed by atoms with Crippen molar-refractivity contribution in [3.8, 4) is 0 Å². The first-order valence-corrected chi connectivity index (χ1v) is 9.05. The van der Waals surface area contributed by atoms with Crippen LogP contribution in [0.5, 0.6) is 0 Å². The number of hydrogen-bond acceptors (Lipinski definition) is 2. The van der Waals surface area contributed by atoms with Gasteiger partial charge in [0.15, 0.2) is 0 Å². The molecule has 2 amide bonds. The van der Waals surface area contributed by atoms with Crippen molar-refractivity contribution in [2.75, 3.05) is 13.1 Å². The molecule has 1 saturated heterocycles. The van der Waals surface area contributed by atoms with Crippen LogP contribution in [0.3, 0.4) is 0 Å². The lowest BCUT2D eigenvalue weighted by Gasteiger charge is -2.31. The van der Waals surface area contributed by atoms with Crippen molar-refractivity contribution in [3.05, 3.63) is 32.4 Å². The molecule has 22 heavy (non-hydrogen) atoms. The van der Waals surface area contributed by atoms with E-state index in [4.69, 9.17) is 11.6 Å². The minimum absolute atomic E-state index is 0.0237. The van der Waals surface area contributed by atoms with E-state index in [9.17, 15) is 9.59 Å². The van der Waals surface area contributed by atoms with Crippen LogP contribution in [-0.2, 0) is 4.79 Å². The van der Waals surface area contributed by atoms with Crippen LogP contribution >= 0.6 is 34.2 Å². The summed E-state index contributed by atoms with van der Waals surface area (Å²) in [7, 11) is 0. The topological polar surface area (TPSA) is 49.4 Å². The number of hydrogen-bond donors (Lipinski definition) is 1. The van der Waals surface area contributed by atoms with Crippen molar-refractivity contribution < 1.29 is 9.59 Å². The average molecular weight is 433 g/mol. The van der Waals surface area contributed by atoms with Gasteiger partial charge in [-0.1, -0.05) is 11.6 Å². The number of nitrogens with zero attached hydrogens (tertiary/aromatic N) is 1. The molecule has 1 saturated carbocycles. The van der Waals surface area contributed by atoms with E-state index in [0.717, 1.165) is 29.3 Å². The van der Waals surface area contributed by atoms with Crippen LogP contribution in [0.4, 0.5) is 0 Å². The maximum Gasteiger partial charge on any atom is 0.253 e. The zero-order valence-electron chi connectivity index (χ0n) is 12.1. The summed E-state index contributed by atoms with van der Waals surface area (Å²) >= 11 is 8.12. The molecule has 1 heterocycles. The van der Waals surface area contributed by atoms with Gasteiger partial charge in [0, 0.05) is 34.2 Å². The summed E-state index contributed by atoms with van der Waals surface area (Å²) in [6.07, 6.45) is 3.71. The highest BCUT2D eigenvalue weighted by Gasteiger charge is 2.31. The summed E-state index contributed by atoms with van der Waals surface area (Å²) in [5.74, 6) is 0.237. The number of likely N-dealkylation sites (tertiary alicyclic amines) is 1. The molecule has 4 nitrogen and oxygen atoms in total. The zero-order chi connectivity index (χ0) is 15.7. The predicted octanol–water partition coefficient (Wildman–Crippen LogP) is 3.08. The number of nitrogens with one attached hydrogen (secondary N) is 1. The minimum Gasteiger partial charge on any atom is -0.353 e. The van der Waals surface area contributed by atoms with Gasteiger partial charge in [-0.2, -0.15) is 0 Å². The molecule has 0 atom stereocenters. The number of rotatable bonds is 3. The number of amides is 2. The van der Waals surface area contributed by atoms with Crippen LogP contribution < -0.4 is 5.32 Å². The Morgan fingerprint density at radius 2 is 1.86 bits per heavy atom. The van der Waals surface area contributed by atoms with Gasteiger partial charge in [-0.3, -0.25) is 9.59 Å². The smallest absolute Gasteiger partial charge is 0.253 e. The molecule has 0 spiro atoms. The Hall–Kier alpha value is -0.820. The Morgan fingerprint density at radius 3 is 2.45 bits per heavy atom. The molecule has 1 aliphatic heterocycles. The van der Waals surface area contributed by atoms with E-state index >= 15 is 0 Å². The first-order chi connectivity index (χ1) is 10.5. The third-order valence-corrected chi connectivity index (χ3v) is 5.78. The quantitative estimate of drug-likeness (QED) is 0.746. The third kappa shape index (κ3) is 3.74. The summed E-state index contributed by atoms with van der Waals surface area (Å²) in [5.41, 5.74) is 0.662. The molecule has 1 N–H and O–H groups in total. The van der Waals surface area contributed by atoms with Gasteiger partial charge >= 0.3 is 0 Å². The monoisotopic (exact) mass is 432 g/mol. The van der Waals surface area contributed by atoms with Gasteiger partial charge in [-0.15, -0.1) is 0 Å². The fourth-order valence-corrected chi connectivity index (χ4v) is 3.34. The lowest BCUT2D eigenvalue weighted by Crippen LogP contribution is -2.43. The summed E-state index contributed by atoms with van der Waals surface area (Å²) in [6.45, 7) is 1.28. The molecule has 2 aliphatic rings. The van der Waals surface area contributed by atoms with Gasteiger partial charge in [0.1, 0.15) is 0 Å². The second kappa shape index (κ2) is 6.74. The molecular formula is C16H18ClIN2O2. The lowest BCUT2D eigenvalue weighted by atomic mass is 9.95. The van der Waals surface area contributed by atoms with Crippen LogP contribution in [0, 0.1) is 9.49 Å². The maximum atomic E-state index is 12.5. The molecule has 0 unspecified atom stereocenters. The molecule has 1 aliphatic carbocycles. The van der Waals surface area contributed by atoms with E-state index in [1.165, 1.54) is 0 Å². The molecule has 2 fully saturated rings.